The van der Waals surface area contributed by atoms with Crippen LogP contribution in [0.1, 0.15) is 55.3 Å². The fourth-order valence-corrected chi connectivity index (χ4v) is 5.31. The lowest BCUT2D eigenvalue weighted by Crippen LogP contribution is -2.55. The van der Waals surface area contributed by atoms with Crippen molar-refractivity contribution in [3.8, 4) is 0 Å². The van der Waals surface area contributed by atoms with Crippen LogP contribution in [-0.4, -0.2) is 41.4 Å². The maximum absolute atomic E-state index is 13.9. The molecule has 0 aromatic heterocycles. The molecule has 0 spiro atoms. The summed E-state index contributed by atoms with van der Waals surface area (Å²) in [5.74, 6) is 0.281. The van der Waals surface area contributed by atoms with Crippen LogP contribution in [0.15, 0.2) is 91.0 Å². The number of hydrogen-bond donors (Lipinski definition) is 0. The van der Waals surface area contributed by atoms with Crippen LogP contribution in [0, 0.1) is 0 Å². The Labute approximate surface area is 205 Å². The van der Waals surface area contributed by atoms with E-state index in [4.69, 9.17) is 0 Å². The van der Waals surface area contributed by atoms with E-state index in [0.29, 0.717) is 6.04 Å². The first kappa shape index (κ1) is 24.2. The van der Waals surface area contributed by atoms with Gasteiger partial charge in [0, 0.05) is 19.1 Å². The van der Waals surface area contributed by atoms with Gasteiger partial charge >= 0.3 is 0 Å². The Hall–Kier alpha value is -2.91. The molecule has 3 heteroatoms. The van der Waals surface area contributed by atoms with E-state index in [0.717, 1.165) is 63.7 Å². The highest BCUT2D eigenvalue weighted by Crippen LogP contribution is 2.30. The van der Waals surface area contributed by atoms with Crippen molar-refractivity contribution in [1.82, 2.24) is 9.80 Å². The number of piperazine rings is 1. The average molecular weight is 455 g/mol. The topological polar surface area (TPSA) is 23.6 Å². The summed E-state index contributed by atoms with van der Waals surface area (Å²) < 4.78 is 0. The van der Waals surface area contributed by atoms with E-state index in [9.17, 15) is 4.79 Å². The number of aryl methyl sites for hydroxylation is 2. The van der Waals surface area contributed by atoms with Crippen LogP contribution >= 0.6 is 0 Å². The Morgan fingerprint density at radius 1 is 0.735 bits per heavy atom. The molecule has 0 bridgehead atoms. The molecule has 1 heterocycles. The van der Waals surface area contributed by atoms with Gasteiger partial charge in [0.25, 0.3) is 0 Å². The summed E-state index contributed by atoms with van der Waals surface area (Å²) in [6, 6.07) is 31.9. The summed E-state index contributed by atoms with van der Waals surface area (Å²) in [7, 11) is 0. The van der Waals surface area contributed by atoms with E-state index in [1.165, 1.54) is 11.1 Å². The third kappa shape index (κ3) is 6.36. The predicted octanol–water partition coefficient (Wildman–Crippen LogP) is 6.31. The zero-order valence-corrected chi connectivity index (χ0v) is 20.5. The highest BCUT2D eigenvalue weighted by Gasteiger charge is 2.37. The molecule has 0 saturated carbocycles. The lowest BCUT2D eigenvalue weighted by Gasteiger charge is -2.44. The van der Waals surface area contributed by atoms with E-state index in [2.05, 4.69) is 89.5 Å². The summed E-state index contributed by atoms with van der Waals surface area (Å²) >= 11 is 0. The summed E-state index contributed by atoms with van der Waals surface area (Å²) in [6.45, 7) is 4.83. The van der Waals surface area contributed by atoms with Crippen LogP contribution in [-0.2, 0) is 17.6 Å². The fourth-order valence-electron chi connectivity index (χ4n) is 5.31. The van der Waals surface area contributed by atoms with Gasteiger partial charge in [-0.15, -0.1) is 0 Å². The van der Waals surface area contributed by atoms with E-state index in [-0.39, 0.29) is 11.9 Å². The van der Waals surface area contributed by atoms with Crippen LogP contribution in [0.2, 0.25) is 0 Å². The van der Waals surface area contributed by atoms with Crippen molar-refractivity contribution < 1.29 is 4.79 Å². The van der Waals surface area contributed by atoms with Gasteiger partial charge in [0.1, 0.15) is 6.04 Å². The maximum Gasteiger partial charge on any atom is 0.244 e. The molecule has 4 rings (SSSR count). The monoisotopic (exact) mass is 454 g/mol. The van der Waals surface area contributed by atoms with Gasteiger partial charge in [-0.25, -0.2) is 0 Å². The second-order valence-corrected chi connectivity index (χ2v) is 9.38. The maximum atomic E-state index is 13.9. The summed E-state index contributed by atoms with van der Waals surface area (Å²) in [5.41, 5.74) is 3.89. The molecule has 34 heavy (non-hydrogen) atoms. The molecule has 178 valence electrons. The largest absolute Gasteiger partial charge is 0.337 e. The summed E-state index contributed by atoms with van der Waals surface area (Å²) in [6.07, 6.45) is 6.48. The zero-order chi connectivity index (χ0) is 23.6. The quantitative estimate of drug-likeness (QED) is 0.339. The first-order valence-corrected chi connectivity index (χ1v) is 12.9. The van der Waals surface area contributed by atoms with Crippen molar-refractivity contribution in [3.05, 3.63) is 108 Å². The molecule has 1 aliphatic heterocycles. The molecule has 3 nitrogen and oxygen atoms in total. The van der Waals surface area contributed by atoms with Gasteiger partial charge in [0.05, 0.1) is 0 Å². The number of hydrogen-bond acceptors (Lipinski definition) is 2. The van der Waals surface area contributed by atoms with Gasteiger partial charge in [-0.05, 0) is 61.8 Å². The lowest BCUT2D eigenvalue weighted by atomic mass is 9.94. The normalized spacial score (nSPS) is 16.8. The Morgan fingerprint density at radius 3 is 1.74 bits per heavy atom. The number of rotatable bonds is 11. The minimum absolute atomic E-state index is 0.161. The average Bonchev–Trinajstić information content (AvgIpc) is 2.89. The number of likely N-dealkylation sites (N-methyl/N-ethyl adjacent to an activating group) is 1. The van der Waals surface area contributed by atoms with Crippen molar-refractivity contribution in [2.24, 2.45) is 0 Å². The van der Waals surface area contributed by atoms with Gasteiger partial charge in [-0.1, -0.05) is 97.9 Å². The van der Waals surface area contributed by atoms with Crippen molar-refractivity contribution in [2.45, 2.75) is 57.5 Å². The molecule has 1 fully saturated rings. The van der Waals surface area contributed by atoms with Gasteiger partial charge < -0.3 is 4.90 Å². The van der Waals surface area contributed by atoms with Crippen molar-refractivity contribution in [3.63, 3.8) is 0 Å². The van der Waals surface area contributed by atoms with Crippen molar-refractivity contribution in [1.29, 1.82) is 0 Å². The third-order valence-electron chi connectivity index (χ3n) is 7.16. The highest BCUT2D eigenvalue weighted by molar-refractivity contribution is 5.84. The first-order chi connectivity index (χ1) is 16.8. The van der Waals surface area contributed by atoms with E-state index in [1.54, 1.807) is 0 Å². The first-order valence-electron chi connectivity index (χ1n) is 12.9. The van der Waals surface area contributed by atoms with Crippen LogP contribution < -0.4 is 0 Å². The number of carbonyl (C=O) groups excluding carboxylic acids is 1. The van der Waals surface area contributed by atoms with Crippen LogP contribution in [0.25, 0.3) is 0 Å². The van der Waals surface area contributed by atoms with Gasteiger partial charge in [-0.3, -0.25) is 9.69 Å². The van der Waals surface area contributed by atoms with E-state index >= 15 is 0 Å². The molecule has 3 aromatic carbocycles. The minimum atomic E-state index is -0.161. The smallest absolute Gasteiger partial charge is 0.244 e. The number of carbonyl (C=O) groups is 1. The second-order valence-electron chi connectivity index (χ2n) is 9.38. The molecule has 0 radical (unpaired) electrons. The van der Waals surface area contributed by atoms with Crippen LogP contribution in [0.5, 0.6) is 0 Å². The highest BCUT2D eigenvalue weighted by atomic mass is 16.2. The Kier molecular flexibility index (Phi) is 8.92. The number of nitrogens with zero attached hydrogens (tertiary/aromatic N) is 2. The Bertz CT molecular complexity index is 944. The molecule has 1 aliphatic rings. The fraction of sp³-hybridized carbons (Fsp3) is 0.387. The van der Waals surface area contributed by atoms with Crippen LogP contribution in [0.3, 0.4) is 0 Å². The Balaban J connectivity index is 1.46. The lowest BCUT2D eigenvalue weighted by molar-refractivity contribution is -0.145. The van der Waals surface area contributed by atoms with Gasteiger partial charge in [0.15, 0.2) is 0 Å². The molecule has 0 N–H and O–H groups in total. The SMILES string of the molecule is CCN1CCN(C(CCCc2ccccc2)CCCc2ccccc2)C(=O)C1c1ccccc1. The Morgan fingerprint density at radius 2 is 1.24 bits per heavy atom. The second kappa shape index (κ2) is 12.5. The molecule has 3 aromatic rings. The van der Waals surface area contributed by atoms with Crippen molar-refractivity contribution >= 4 is 5.91 Å². The van der Waals surface area contributed by atoms with Gasteiger partial charge in [0.2, 0.25) is 5.91 Å². The molecular weight excluding hydrogens is 416 g/mol. The van der Waals surface area contributed by atoms with Gasteiger partial charge in [-0.2, -0.15) is 0 Å². The van der Waals surface area contributed by atoms with Crippen LogP contribution in [0.4, 0.5) is 0 Å². The third-order valence-corrected chi connectivity index (χ3v) is 7.16. The molecule has 1 saturated heterocycles. The molecule has 1 unspecified atom stereocenters. The minimum Gasteiger partial charge on any atom is -0.337 e. The molecule has 0 aliphatic carbocycles. The molecule has 1 amide bonds. The summed E-state index contributed by atoms with van der Waals surface area (Å²) in [4.78, 5) is 18.4. The number of amides is 1. The molecular formula is C31H38N2O. The van der Waals surface area contributed by atoms with E-state index < -0.39 is 0 Å². The predicted molar refractivity (Wildman–Crippen MR) is 141 cm³/mol. The standard InChI is InChI=1S/C31H38N2O/c1-2-32-24-25-33(31(34)30(32)28-20-10-5-11-21-28)29(22-12-18-26-14-6-3-7-15-26)23-13-19-27-16-8-4-9-17-27/h3-11,14-17,20-21,29-30H,2,12-13,18-19,22-25H2,1H3. The van der Waals surface area contributed by atoms with Crippen molar-refractivity contribution in [2.75, 3.05) is 19.6 Å². The summed E-state index contributed by atoms with van der Waals surface area (Å²) in [5, 5.41) is 0. The molecule has 1 atom stereocenters. The zero-order valence-electron chi connectivity index (χ0n) is 20.5. The number of benzene rings is 3. The van der Waals surface area contributed by atoms with E-state index in [1.807, 2.05) is 18.2 Å².